The highest BCUT2D eigenvalue weighted by atomic mass is 79.9. The van der Waals surface area contributed by atoms with Gasteiger partial charge in [0, 0.05) is 37.7 Å². The molecule has 0 amide bonds. The van der Waals surface area contributed by atoms with E-state index in [1.807, 2.05) is 26.2 Å². The van der Waals surface area contributed by atoms with Gasteiger partial charge in [-0.3, -0.25) is 4.68 Å². The molecule has 0 radical (unpaired) electrons. The molecule has 0 aliphatic carbocycles. The van der Waals surface area contributed by atoms with Crippen LogP contribution in [0.2, 0.25) is 0 Å². The second-order valence-electron chi connectivity index (χ2n) is 3.43. The van der Waals surface area contributed by atoms with Crippen LogP contribution >= 0.6 is 15.9 Å². The van der Waals surface area contributed by atoms with Gasteiger partial charge in [-0.05, 0) is 15.9 Å². The van der Waals surface area contributed by atoms with Gasteiger partial charge < -0.3 is 4.52 Å². The molecule has 0 aromatic carbocycles. The zero-order chi connectivity index (χ0) is 10.8. The Hall–Kier alpha value is -1.10. The van der Waals surface area contributed by atoms with Crippen molar-refractivity contribution in [3.63, 3.8) is 0 Å². The smallest absolute Gasteiger partial charge is 0.136 e. The first-order chi connectivity index (χ1) is 7.19. The van der Waals surface area contributed by atoms with E-state index >= 15 is 0 Å². The molecule has 80 valence electrons. The van der Waals surface area contributed by atoms with Gasteiger partial charge in [-0.2, -0.15) is 5.10 Å². The van der Waals surface area contributed by atoms with Gasteiger partial charge in [0.15, 0.2) is 0 Å². The number of halogens is 1. The monoisotopic (exact) mass is 269 g/mol. The lowest BCUT2D eigenvalue weighted by molar-refractivity contribution is 0.381. The summed E-state index contributed by atoms with van der Waals surface area (Å²) >= 11 is 3.41. The number of hydrogen-bond acceptors (Lipinski definition) is 3. The van der Waals surface area contributed by atoms with Crippen molar-refractivity contribution in [1.82, 2.24) is 14.9 Å². The summed E-state index contributed by atoms with van der Waals surface area (Å²) in [5.41, 5.74) is 2.06. The van der Waals surface area contributed by atoms with Crippen LogP contribution in [0.15, 0.2) is 21.4 Å². The molecular formula is C10H12BrN3O. The van der Waals surface area contributed by atoms with Gasteiger partial charge in [0.2, 0.25) is 0 Å². The molecule has 4 nitrogen and oxygen atoms in total. The summed E-state index contributed by atoms with van der Waals surface area (Å²) in [6.07, 6.45) is 3.60. The van der Waals surface area contributed by atoms with Gasteiger partial charge >= 0.3 is 0 Å². The molecule has 0 spiro atoms. The summed E-state index contributed by atoms with van der Waals surface area (Å²) in [7, 11) is 1.90. The predicted molar refractivity (Wildman–Crippen MR) is 59.6 cm³/mol. The molecule has 2 aromatic heterocycles. The van der Waals surface area contributed by atoms with Crippen molar-refractivity contribution in [2.75, 3.05) is 0 Å². The predicted octanol–water partition coefficient (Wildman–Crippen LogP) is 2.32. The van der Waals surface area contributed by atoms with E-state index in [0.717, 1.165) is 34.5 Å². The largest absolute Gasteiger partial charge is 0.361 e. The maximum Gasteiger partial charge on any atom is 0.136 e. The maximum absolute atomic E-state index is 5.14. The van der Waals surface area contributed by atoms with E-state index in [9.17, 15) is 0 Å². The van der Waals surface area contributed by atoms with Crippen LogP contribution in [0.1, 0.15) is 23.9 Å². The fourth-order valence-corrected chi connectivity index (χ4v) is 1.92. The van der Waals surface area contributed by atoms with Crippen LogP contribution in [-0.2, 0) is 19.9 Å². The topological polar surface area (TPSA) is 43.9 Å². The molecule has 0 N–H and O–H groups in total. The Morgan fingerprint density at radius 3 is 2.87 bits per heavy atom. The Morgan fingerprint density at radius 1 is 1.53 bits per heavy atom. The van der Waals surface area contributed by atoms with Gasteiger partial charge in [-0.1, -0.05) is 12.1 Å². The van der Waals surface area contributed by atoms with Crippen molar-refractivity contribution in [2.24, 2.45) is 7.05 Å². The van der Waals surface area contributed by atoms with Crippen LogP contribution in [0.5, 0.6) is 0 Å². The molecule has 0 atom stereocenters. The van der Waals surface area contributed by atoms with Crippen molar-refractivity contribution in [2.45, 2.75) is 19.8 Å². The molecule has 5 heteroatoms. The molecule has 0 bridgehead atoms. The van der Waals surface area contributed by atoms with E-state index in [1.165, 1.54) is 0 Å². The molecule has 2 rings (SSSR count). The first-order valence-electron chi connectivity index (χ1n) is 4.81. The summed E-state index contributed by atoms with van der Waals surface area (Å²) in [6.45, 7) is 2.05. The van der Waals surface area contributed by atoms with Crippen LogP contribution in [0.4, 0.5) is 0 Å². The first kappa shape index (κ1) is 10.4. The number of aromatic nitrogens is 3. The highest BCUT2D eigenvalue weighted by Gasteiger charge is 2.09. The molecule has 2 aromatic rings. The van der Waals surface area contributed by atoms with Crippen molar-refractivity contribution >= 4 is 15.9 Å². The summed E-state index contributed by atoms with van der Waals surface area (Å²) < 4.78 is 7.78. The number of aryl methyl sites for hydroxylation is 2. The van der Waals surface area contributed by atoms with Crippen LogP contribution < -0.4 is 0 Å². The molecule has 0 fully saturated rings. The standard InChI is InChI=1S/C10H12BrN3O/c1-3-9-5-8(13-15-9)4-7-6-14(2)12-10(7)11/h5-6H,3-4H2,1-2H3. The minimum atomic E-state index is 0.748. The molecule has 15 heavy (non-hydrogen) atoms. The molecule has 0 saturated heterocycles. The minimum absolute atomic E-state index is 0.748. The Bertz CT molecular complexity index is 461. The molecule has 0 aliphatic rings. The van der Waals surface area contributed by atoms with Crippen LogP contribution in [0, 0.1) is 0 Å². The molecule has 0 saturated carbocycles. The number of hydrogen-bond donors (Lipinski definition) is 0. The van der Waals surface area contributed by atoms with E-state index in [0.29, 0.717) is 0 Å². The normalized spacial score (nSPS) is 10.9. The summed E-state index contributed by atoms with van der Waals surface area (Å²) in [4.78, 5) is 0. The Kier molecular flexibility index (Phi) is 2.90. The molecule has 0 unspecified atom stereocenters. The fourth-order valence-electron chi connectivity index (χ4n) is 1.43. The van der Waals surface area contributed by atoms with Gasteiger partial charge in [-0.25, -0.2) is 0 Å². The molecule has 0 aliphatic heterocycles. The summed E-state index contributed by atoms with van der Waals surface area (Å²) in [5.74, 6) is 0.921. The third-order valence-corrected chi connectivity index (χ3v) is 2.85. The molecule has 2 heterocycles. The highest BCUT2D eigenvalue weighted by molar-refractivity contribution is 9.10. The van der Waals surface area contributed by atoms with Crippen LogP contribution in [0.25, 0.3) is 0 Å². The lowest BCUT2D eigenvalue weighted by Gasteiger charge is -1.90. The Labute approximate surface area is 96.4 Å². The zero-order valence-electron chi connectivity index (χ0n) is 8.70. The maximum atomic E-state index is 5.14. The van der Waals surface area contributed by atoms with E-state index in [4.69, 9.17) is 4.52 Å². The van der Waals surface area contributed by atoms with Gasteiger partial charge in [-0.15, -0.1) is 0 Å². The zero-order valence-corrected chi connectivity index (χ0v) is 10.3. The van der Waals surface area contributed by atoms with Crippen molar-refractivity contribution in [3.8, 4) is 0 Å². The number of rotatable bonds is 3. The van der Waals surface area contributed by atoms with Gasteiger partial charge in [0.05, 0.1) is 5.69 Å². The fraction of sp³-hybridized carbons (Fsp3) is 0.400. The van der Waals surface area contributed by atoms with Crippen LogP contribution in [-0.4, -0.2) is 14.9 Å². The first-order valence-corrected chi connectivity index (χ1v) is 5.61. The third-order valence-electron chi connectivity index (χ3n) is 2.18. The van der Waals surface area contributed by atoms with E-state index < -0.39 is 0 Å². The summed E-state index contributed by atoms with van der Waals surface area (Å²) in [6, 6.07) is 1.99. The number of nitrogens with zero attached hydrogens (tertiary/aromatic N) is 3. The SMILES string of the molecule is CCc1cc(Cc2cn(C)nc2Br)no1. The lowest BCUT2D eigenvalue weighted by atomic mass is 10.2. The van der Waals surface area contributed by atoms with Crippen molar-refractivity contribution in [3.05, 3.63) is 33.9 Å². The second-order valence-corrected chi connectivity index (χ2v) is 4.18. The average Bonchev–Trinajstić information content (AvgIpc) is 2.75. The van der Waals surface area contributed by atoms with Crippen molar-refractivity contribution in [1.29, 1.82) is 0 Å². The van der Waals surface area contributed by atoms with Crippen LogP contribution in [0.3, 0.4) is 0 Å². The second kappa shape index (κ2) is 4.18. The third kappa shape index (κ3) is 2.28. The van der Waals surface area contributed by atoms with E-state index in [-0.39, 0.29) is 0 Å². The molecular weight excluding hydrogens is 258 g/mol. The Morgan fingerprint density at radius 2 is 2.33 bits per heavy atom. The lowest BCUT2D eigenvalue weighted by Crippen LogP contribution is -1.87. The summed E-state index contributed by atoms with van der Waals surface area (Å²) in [5, 5.41) is 8.21. The average molecular weight is 270 g/mol. The van der Waals surface area contributed by atoms with Gasteiger partial charge in [0.1, 0.15) is 10.4 Å². The van der Waals surface area contributed by atoms with Crippen molar-refractivity contribution < 1.29 is 4.52 Å². The highest BCUT2D eigenvalue weighted by Crippen LogP contribution is 2.17. The van der Waals surface area contributed by atoms with E-state index in [1.54, 1.807) is 4.68 Å². The Balaban J connectivity index is 2.17. The quantitative estimate of drug-likeness (QED) is 0.859. The minimum Gasteiger partial charge on any atom is -0.361 e. The van der Waals surface area contributed by atoms with E-state index in [2.05, 4.69) is 26.2 Å². The van der Waals surface area contributed by atoms with Gasteiger partial charge in [0.25, 0.3) is 0 Å².